The second kappa shape index (κ2) is 7.25. The highest BCUT2D eigenvalue weighted by atomic mass is 16.5. The summed E-state index contributed by atoms with van der Waals surface area (Å²) < 4.78 is 10.4. The van der Waals surface area contributed by atoms with Crippen LogP contribution in [-0.4, -0.2) is 24.1 Å². The number of carbonyl (C=O) groups excluding carboxylic acids is 2. The van der Waals surface area contributed by atoms with Gasteiger partial charge < -0.3 is 9.47 Å². The van der Waals surface area contributed by atoms with Crippen LogP contribution in [0, 0.1) is 0 Å². The lowest BCUT2D eigenvalue weighted by atomic mass is 9.95. The molecule has 0 radical (unpaired) electrons. The molecule has 0 fully saturated rings. The van der Waals surface area contributed by atoms with Gasteiger partial charge >= 0.3 is 11.9 Å². The lowest BCUT2D eigenvalue weighted by Crippen LogP contribution is -2.16. The molecule has 4 heteroatoms. The molecule has 0 aliphatic rings. The van der Waals surface area contributed by atoms with Gasteiger partial charge in [-0.3, -0.25) is 0 Å². The first-order chi connectivity index (χ1) is 9.72. The molecule has 0 N–H and O–H groups in total. The minimum Gasteiger partial charge on any atom is -0.459 e. The van der Waals surface area contributed by atoms with Crippen molar-refractivity contribution in [2.75, 3.05) is 0 Å². The molecule has 0 aromatic heterocycles. The van der Waals surface area contributed by atoms with Crippen molar-refractivity contribution in [3.63, 3.8) is 0 Å². The Morgan fingerprint density at radius 2 is 1.38 bits per heavy atom. The van der Waals surface area contributed by atoms with Crippen molar-refractivity contribution in [3.05, 3.63) is 34.9 Å². The Kier molecular flexibility index (Phi) is 5.94. The van der Waals surface area contributed by atoms with Gasteiger partial charge in [-0.05, 0) is 57.4 Å². The molecule has 1 aromatic carbocycles. The Morgan fingerprint density at radius 3 is 1.86 bits per heavy atom. The first-order valence-corrected chi connectivity index (χ1v) is 7.28. The van der Waals surface area contributed by atoms with E-state index >= 15 is 0 Å². The first kappa shape index (κ1) is 17.2. The van der Waals surface area contributed by atoms with Gasteiger partial charge in [-0.15, -0.1) is 0 Å². The minimum atomic E-state index is -0.379. The van der Waals surface area contributed by atoms with Crippen LogP contribution in [0.3, 0.4) is 0 Å². The van der Waals surface area contributed by atoms with E-state index in [9.17, 15) is 9.59 Å². The Morgan fingerprint density at radius 1 is 0.857 bits per heavy atom. The molecule has 0 bridgehead atoms. The summed E-state index contributed by atoms with van der Waals surface area (Å²) >= 11 is 0. The van der Waals surface area contributed by atoms with Crippen LogP contribution < -0.4 is 0 Å². The van der Waals surface area contributed by atoms with Crippen LogP contribution in [0.4, 0.5) is 0 Å². The third-order valence-electron chi connectivity index (χ3n) is 2.81. The highest BCUT2D eigenvalue weighted by Gasteiger charge is 2.19. The van der Waals surface area contributed by atoms with Crippen molar-refractivity contribution in [1.29, 1.82) is 0 Å². The van der Waals surface area contributed by atoms with Gasteiger partial charge in [0, 0.05) is 0 Å². The van der Waals surface area contributed by atoms with Crippen LogP contribution in [-0.2, 0) is 9.47 Å². The fourth-order valence-electron chi connectivity index (χ4n) is 1.91. The van der Waals surface area contributed by atoms with Crippen molar-refractivity contribution < 1.29 is 19.1 Å². The average molecular weight is 292 g/mol. The molecule has 21 heavy (non-hydrogen) atoms. The smallest absolute Gasteiger partial charge is 0.338 e. The highest BCUT2D eigenvalue weighted by molar-refractivity contribution is 5.95. The second-order valence-corrected chi connectivity index (χ2v) is 5.86. The SMILES string of the molecule is CC(C)OC(=O)c1ccc(C(=O)OC(C)C)c(C(C)C)c1. The molecule has 1 aromatic rings. The first-order valence-electron chi connectivity index (χ1n) is 7.28. The van der Waals surface area contributed by atoms with E-state index < -0.39 is 0 Å². The summed E-state index contributed by atoms with van der Waals surface area (Å²) in [5.41, 5.74) is 1.74. The van der Waals surface area contributed by atoms with E-state index in [1.165, 1.54) is 0 Å². The Balaban J connectivity index is 3.13. The summed E-state index contributed by atoms with van der Waals surface area (Å²) in [7, 11) is 0. The van der Waals surface area contributed by atoms with Gasteiger partial charge in [0.2, 0.25) is 0 Å². The van der Waals surface area contributed by atoms with E-state index in [-0.39, 0.29) is 30.1 Å². The number of benzene rings is 1. The molecule has 0 spiro atoms. The van der Waals surface area contributed by atoms with Crippen LogP contribution in [0.5, 0.6) is 0 Å². The van der Waals surface area contributed by atoms with Gasteiger partial charge in [0.15, 0.2) is 0 Å². The Hall–Kier alpha value is -1.84. The summed E-state index contributed by atoms with van der Waals surface area (Å²) in [6, 6.07) is 4.96. The lowest BCUT2D eigenvalue weighted by molar-refractivity contribution is 0.0360. The molecule has 0 aliphatic heterocycles. The second-order valence-electron chi connectivity index (χ2n) is 5.86. The van der Waals surface area contributed by atoms with Gasteiger partial charge in [0.25, 0.3) is 0 Å². The van der Waals surface area contributed by atoms with Crippen LogP contribution in [0.2, 0.25) is 0 Å². The monoisotopic (exact) mass is 292 g/mol. The predicted octanol–water partition coefficient (Wildman–Crippen LogP) is 3.94. The van der Waals surface area contributed by atoms with Crippen molar-refractivity contribution in [2.45, 2.75) is 59.7 Å². The molecule has 0 aliphatic carbocycles. The number of hydrogen-bond acceptors (Lipinski definition) is 4. The molecular formula is C17H24O4. The topological polar surface area (TPSA) is 52.6 Å². The van der Waals surface area contributed by atoms with E-state index in [1.54, 1.807) is 45.9 Å². The number of carbonyl (C=O) groups is 2. The number of hydrogen-bond donors (Lipinski definition) is 0. The fourth-order valence-corrected chi connectivity index (χ4v) is 1.91. The van der Waals surface area contributed by atoms with E-state index in [0.717, 1.165) is 5.56 Å². The Bertz CT molecular complexity index is 516. The third kappa shape index (κ3) is 4.88. The van der Waals surface area contributed by atoms with Crippen molar-refractivity contribution >= 4 is 11.9 Å². The van der Waals surface area contributed by atoms with Gasteiger partial charge in [0.1, 0.15) is 0 Å². The zero-order valence-corrected chi connectivity index (χ0v) is 13.6. The van der Waals surface area contributed by atoms with E-state index in [2.05, 4.69) is 0 Å². The zero-order chi connectivity index (χ0) is 16.2. The normalized spacial score (nSPS) is 11.1. The van der Waals surface area contributed by atoms with E-state index in [1.807, 2.05) is 13.8 Å². The minimum absolute atomic E-state index is 0.103. The summed E-state index contributed by atoms with van der Waals surface area (Å²) in [5.74, 6) is -0.639. The maximum absolute atomic E-state index is 12.1. The third-order valence-corrected chi connectivity index (χ3v) is 2.81. The van der Waals surface area contributed by atoms with E-state index in [0.29, 0.717) is 11.1 Å². The van der Waals surface area contributed by atoms with Crippen molar-refractivity contribution in [3.8, 4) is 0 Å². The number of esters is 2. The van der Waals surface area contributed by atoms with Gasteiger partial charge in [-0.1, -0.05) is 13.8 Å². The number of rotatable bonds is 5. The summed E-state index contributed by atoms with van der Waals surface area (Å²) in [4.78, 5) is 24.1. The van der Waals surface area contributed by atoms with E-state index in [4.69, 9.17) is 9.47 Å². The molecule has 0 unspecified atom stereocenters. The van der Waals surface area contributed by atoms with Crippen LogP contribution in [0.25, 0.3) is 0 Å². The lowest BCUT2D eigenvalue weighted by Gasteiger charge is -2.16. The van der Waals surface area contributed by atoms with Gasteiger partial charge in [0.05, 0.1) is 23.3 Å². The molecule has 116 valence electrons. The molecule has 0 heterocycles. The standard InChI is InChI=1S/C17H24O4/c1-10(2)15-9-13(16(18)20-11(3)4)7-8-14(15)17(19)21-12(5)6/h7-12H,1-6H3. The summed E-state index contributed by atoms with van der Waals surface area (Å²) in [6.07, 6.45) is -0.353. The van der Waals surface area contributed by atoms with Gasteiger partial charge in [-0.2, -0.15) is 0 Å². The zero-order valence-electron chi connectivity index (χ0n) is 13.6. The summed E-state index contributed by atoms with van der Waals surface area (Å²) in [6.45, 7) is 11.2. The van der Waals surface area contributed by atoms with Gasteiger partial charge in [-0.25, -0.2) is 9.59 Å². The maximum Gasteiger partial charge on any atom is 0.338 e. The molecular weight excluding hydrogens is 268 g/mol. The summed E-state index contributed by atoms with van der Waals surface area (Å²) in [5, 5.41) is 0. The maximum atomic E-state index is 12.1. The van der Waals surface area contributed by atoms with Crippen molar-refractivity contribution in [2.24, 2.45) is 0 Å². The highest BCUT2D eigenvalue weighted by Crippen LogP contribution is 2.23. The molecule has 0 saturated heterocycles. The predicted molar refractivity (Wildman–Crippen MR) is 81.6 cm³/mol. The number of ether oxygens (including phenoxy) is 2. The molecule has 4 nitrogen and oxygen atoms in total. The van der Waals surface area contributed by atoms with Crippen LogP contribution >= 0.6 is 0 Å². The molecule has 0 amide bonds. The quantitative estimate of drug-likeness (QED) is 0.771. The fraction of sp³-hybridized carbons (Fsp3) is 0.529. The largest absolute Gasteiger partial charge is 0.459 e. The van der Waals surface area contributed by atoms with Crippen LogP contribution in [0.15, 0.2) is 18.2 Å². The Labute approximate surface area is 126 Å². The molecule has 0 saturated carbocycles. The molecule has 1 rings (SSSR count). The van der Waals surface area contributed by atoms with Crippen molar-refractivity contribution in [1.82, 2.24) is 0 Å². The average Bonchev–Trinajstić information content (AvgIpc) is 2.36. The molecule has 0 atom stereocenters. The van der Waals surface area contributed by atoms with Crippen LogP contribution in [0.1, 0.15) is 73.7 Å².